The van der Waals surface area contributed by atoms with E-state index in [1.165, 1.54) is 25.5 Å². The van der Waals surface area contributed by atoms with Gasteiger partial charge >= 0.3 is 0 Å². The Morgan fingerprint density at radius 2 is 1.85 bits per heavy atom. The number of benzene rings is 1. The molecule has 1 fully saturated rings. The van der Waals surface area contributed by atoms with Crippen LogP contribution in [-0.2, 0) is 6.61 Å². The molecule has 4 rings (SSSR count). The molecule has 1 aliphatic rings. The van der Waals surface area contributed by atoms with E-state index in [4.69, 9.17) is 9.15 Å². The number of fused-ring (bicyclic) bond motifs is 1. The summed E-state index contributed by atoms with van der Waals surface area (Å²) < 4.78 is 11.3. The molecule has 1 amide bonds. The Hall–Kier alpha value is -2.89. The summed E-state index contributed by atoms with van der Waals surface area (Å²) in [7, 11) is 0. The van der Waals surface area contributed by atoms with Gasteiger partial charge in [0.05, 0.1) is 0 Å². The predicted octanol–water partition coefficient (Wildman–Crippen LogP) is 4.21. The lowest BCUT2D eigenvalue weighted by atomic mass is 10.1. The van der Waals surface area contributed by atoms with Crippen LogP contribution in [-0.4, -0.2) is 33.9 Å². The van der Waals surface area contributed by atoms with Crippen LogP contribution in [0.1, 0.15) is 48.5 Å². The van der Waals surface area contributed by atoms with Gasteiger partial charge in [-0.25, -0.2) is 4.98 Å². The van der Waals surface area contributed by atoms with Crippen molar-refractivity contribution in [1.82, 2.24) is 14.9 Å². The van der Waals surface area contributed by atoms with Crippen LogP contribution in [0, 0.1) is 0 Å². The average Bonchev–Trinajstić information content (AvgIpc) is 3.15. The van der Waals surface area contributed by atoms with Gasteiger partial charge in [-0.05, 0) is 25.0 Å². The quantitative estimate of drug-likeness (QED) is 0.693. The number of carbonyl (C=O) groups excluding carboxylic acids is 1. The number of para-hydroxylation sites is 1. The van der Waals surface area contributed by atoms with Crippen LogP contribution in [0.5, 0.6) is 5.75 Å². The summed E-state index contributed by atoms with van der Waals surface area (Å²) in [5.74, 6) is 1.00. The largest absolute Gasteiger partial charge is 0.482 e. The van der Waals surface area contributed by atoms with Gasteiger partial charge in [0.15, 0.2) is 12.3 Å². The number of carbonyl (C=O) groups is 1. The molecular weight excluding hydrogens is 342 g/mol. The van der Waals surface area contributed by atoms with E-state index < -0.39 is 0 Å². The lowest BCUT2D eigenvalue weighted by Crippen LogP contribution is -2.34. The number of hydrogen-bond acceptors (Lipinski definition) is 5. The van der Waals surface area contributed by atoms with E-state index in [0.717, 1.165) is 36.8 Å². The molecule has 0 unspecified atom stereocenters. The first-order valence-electron chi connectivity index (χ1n) is 9.51. The molecule has 6 nitrogen and oxygen atoms in total. The van der Waals surface area contributed by atoms with Gasteiger partial charge in [-0.1, -0.05) is 37.5 Å². The van der Waals surface area contributed by atoms with E-state index in [1.54, 1.807) is 6.20 Å². The molecule has 0 bridgehead atoms. The van der Waals surface area contributed by atoms with Gasteiger partial charge in [-0.2, -0.15) is 0 Å². The van der Waals surface area contributed by atoms with Crippen molar-refractivity contribution in [3.63, 3.8) is 0 Å². The molecule has 2 aromatic heterocycles. The van der Waals surface area contributed by atoms with E-state index in [2.05, 4.69) is 9.97 Å². The van der Waals surface area contributed by atoms with Crippen LogP contribution in [0.15, 0.2) is 47.2 Å². The summed E-state index contributed by atoms with van der Waals surface area (Å²) in [6.45, 7) is 1.74. The second kappa shape index (κ2) is 8.20. The topological polar surface area (TPSA) is 68.5 Å². The molecule has 1 saturated heterocycles. The van der Waals surface area contributed by atoms with Crippen LogP contribution in [0.3, 0.4) is 0 Å². The standard InChI is InChI=1S/C21H23N3O3/c25-21(24-12-4-2-1-3-5-13-24)17-14-27-19(23-17)15-26-18-10-6-8-16-9-7-11-22-20(16)18/h6-11,14H,1-5,12-13,15H2. The van der Waals surface area contributed by atoms with Crippen molar-refractivity contribution in [3.05, 3.63) is 54.4 Å². The Morgan fingerprint density at radius 1 is 1.07 bits per heavy atom. The number of ether oxygens (including phenoxy) is 1. The zero-order chi connectivity index (χ0) is 18.5. The zero-order valence-electron chi connectivity index (χ0n) is 15.3. The number of aromatic nitrogens is 2. The van der Waals surface area contributed by atoms with E-state index >= 15 is 0 Å². The number of amides is 1. The van der Waals surface area contributed by atoms with Gasteiger partial charge in [-0.15, -0.1) is 0 Å². The molecule has 3 heterocycles. The third-order valence-corrected chi connectivity index (χ3v) is 4.86. The maximum atomic E-state index is 12.7. The Morgan fingerprint density at radius 3 is 2.70 bits per heavy atom. The lowest BCUT2D eigenvalue weighted by Gasteiger charge is -2.23. The fourth-order valence-electron chi connectivity index (χ4n) is 3.42. The summed E-state index contributed by atoms with van der Waals surface area (Å²) in [6.07, 6.45) is 8.89. The third kappa shape index (κ3) is 4.10. The highest BCUT2D eigenvalue weighted by atomic mass is 16.5. The molecular formula is C21H23N3O3. The summed E-state index contributed by atoms with van der Waals surface area (Å²) in [4.78, 5) is 23.3. The Labute approximate surface area is 158 Å². The van der Waals surface area contributed by atoms with Crippen LogP contribution < -0.4 is 4.74 Å². The van der Waals surface area contributed by atoms with Gasteiger partial charge in [0.2, 0.25) is 5.89 Å². The van der Waals surface area contributed by atoms with Gasteiger partial charge in [-0.3, -0.25) is 9.78 Å². The molecule has 0 radical (unpaired) electrons. The Kier molecular flexibility index (Phi) is 5.32. The fourth-order valence-corrected chi connectivity index (χ4v) is 3.42. The molecule has 27 heavy (non-hydrogen) atoms. The van der Waals surface area contributed by atoms with Crippen molar-refractivity contribution in [1.29, 1.82) is 0 Å². The molecule has 0 N–H and O–H groups in total. The Bertz CT molecular complexity index is 908. The normalized spacial score (nSPS) is 15.3. The van der Waals surface area contributed by atoms with Crippen molar-refractivity contribution in [2.45, 2.75) is 38.7 Å². The van der Waals surface area contributed by atoms with Gasteiger partial charge < -0.3 is 14.1 Å². The minimum absolute atomic E-state index is 0.0567. The van der Waals surface area contributed by atoms with Gasteiger partial charge in [0.1, 0.15) is 17.5 Å². The summed E-state index contributed by atoms with van der Waals surface area (Å²) in [5, 5.41) is 1.01. The third-order valence-electron chi connectivity index (χ3n) is 4.86. The molecule has 1 aliphatic heterocycles. The van der Waals surface area contributed by atoms with Crippen LogP contribution in [0.25, 0.3) is 10.9 Å². The van der Waals surface area contributed by atoms with Crippen LogP contribution in [0.2, 0.25) is 0 Å². The summed E-state index contributed by atoms with van der Waals surface area (Å²) >= 11 is 0. The van der Waals surface area contributed by atoms with Gasteiger partial charge in [0.25, 0.3) is 5.91 Å². The van der Waals surface area contributed by atoms with E-state index in [9.17, 15) is 4.79 Å². The van der Waals surface area contributed by atoms with Crippen molar-refractivity contribution in [2.24, 2.45) is 0 Å². The van der Waals surface area contributed by atoms with E-state index in [0.29, 0.717) is 17.3 Å². The number of oxazole rings is 1. The van der Waals surface area contributed by atoms with E-state index in [1.807, 2.05) is 35.2 Å². The predicted molar refractivity (Wildman–Crippen MR) is 102 cm³/mol. The highest BCUT2D eigenvalue weighted by molar-refractivity contribution is 5.92. The van der Waals surface area contributed by atoms with Crippen molar-refractivity contribution >= 4 is 16.8 Å². The molecule has 0 aliphatic carbocycles. The molecule has 0 atom stereocenters. The Balaban J connectivity index is 1.42. The van der Waals surface area contributed by atoms with Crippen molar-refractivity contribution in [3.8, 4) is 5.75 Å². The summed E-state index contributed by atoms with van der Waals surface area (Å²) in [6, 6.07) is 9.65. The SMILES string of the molecule is O=C(c1coc(COc2cccc3cccnc23)n1)N1CCCCCCC1. The number of nitrogens with zero attached hydrogens (tertiary/aromatic N) is 3. The van der Waals surface area contributed by atoms with Crippen molar-refractivity contribution in [2.75, 3.05) is 13.1 Å². The molecule has 6 heteroatoms. The average molecular weight is 365 g/mol. The second-order valence-corrected chi connectivity index (χ2v) is 6.81. The first-order chi connectivity index (χ1) is 13.3. The second-order valence-electron chi connectivity index (χ2n) is 6.81. The molecule has 1 aromatic carbocycles. The van der Waals surface area contributed by atoms with Gasteiger partial charge in [0, 0.05) is 24.7 Å². The number of pyridine rings is 1. The maximum absolute atomic E-state index is 12.7. The smallest absolute Gasteiger partial charge is 0.275 e. The van der Waals surface area contributed by atoms with Crippen LogP contribution in [0.4, 0.5) is 0 Å². The van der Waals surface area contributed by atoms with Crippen LogP contribution >= 0.6 is 0 Å². The maximum Gasteiger partial charge on any atom is 0.275 e. The first kappa shape index (κ1) is 17.5. The van der Waals surface area contributed by atoms with E-state index in [-0.39, 0.29) is 12.5 Å². The molecule has 140 valence electrons. The lowest BCUT2D eigenvalue weighted by molar-refractivity contribution is 0.0736. The molecule has 0 spiro atoms. The summed E-state index contributed by atoms with van der Waals surface area (Å²) in [5.41, 5.74) is 1.15. The fraction of sp³-hybridized carbons (Fsp3) is 0.381. The molecule has 3 aromatic rings. The van der Waals surface area contributed by atoms with Crippen molar-refractivity contribution < 1.29 is 13.9 Å². The highest BCUT2D eigenvalue weighted by Gasteiger charge is 2.20. The minimum atomic E-state index is -0.0567. The first-order valence-corrected chi connectivity index (χ1v) is 9.51. The molecule has 0 saturated carbocycles. The number of rotatable bonds is 4. The monoisotopic (exact) mass is 365 g/mol. The number of hydrogen-bond donors (Lipinski definition) is 0. The number of likely N-dealkylation sites (tertiary alicyclic amines) is 1. The minimum Gasteiger partial charge on any atom is -0.482 e. The zero-order valence-corrected chi connectivity index (χ0v) is 15.3. The highest BCUT2D eigenvalue weighted by Crippen LogP contribution is 2.24.